The highest BCUT2D eigenvalue weighted by molar-refractivity contribution is 5.91. The Morgan fingerprint density at radius 1 is 1.50 bits per heavy atom. The van der Waals surface area contributed by atoms with Crippen molar-refractivity contribution in [3.8, 4) is 0 Å². The van der Waals surface area contributed by atoms with Crippen LogP contribution in [0, 0.1) is 0 Å². The normalized spacial score (nSPS) is 19.3. The maximum atomic E-state index is 12.0. The first-order chi connectivity index (χ1) is 9.72. The Morgan fingerprint density at radius 3 is 3.15 bits per heavy atom. The number of amides is 1. The van der Waals surface area contributed by atoms with E-state index in [4.69, 9.17) is 0 Å². The summed E-state index contributed by atoms with van der Waals surface area (Å²) in [5.74, 6) is 0.769. The molecule has 0 radical (unpaired) electrons. The summed E-state index contributed by atoms with van der Waals surface area (Å²) in [6.07, 6.45) is 3.54. The largest absolute Gasteiger partial charge is 0.357 e. The molecule has 20 heavy (non-hydrogen) atoms. The first-order valence-corrected chi connectivity index (χ1v) is 6.67. The van der Waals surface area contributed by atoms with Gasteiger partial charge < -0.3 is 20.1 Å². The second-order valence-electron chi connectivity index (χ2n) is 4.89. The van der Waals surface area contributed by atoms with Crippen LogP contribution >= 0.6 is 0 Å². The smallest absolute Gasteiger partial charge is 0.243 e. The molecule has 106 valence electrons. The van der Waals surface area contributed by atoms with Gasteiger partial charge in [0.05, 0.1) is 11.8 Å². The number of pyridine rings is 1. The highest BCUT2D eigenvalue weighted by Gasteiger charge is 2.30. The third-order valence-electron chi connectivity index (χ3n) is 3.69. The minimum Gasteiger partial charge on any atom is -0.357 e. The molecule has 2 N–H and O–H groups in total. The number of nitrogens with zero attached hydrogens (tertiary/aromatic N) is 4. The van der Waals surface area contributed by atoms with E-state index in [1.54, 1.807) is 19.6 Å². The predicted octanol–water partition coefficient (Wildman–Crippen LogP) is -0.507. The topological polar surface area (TPSA) is 75.1 Å². The van der Waals surface area contributed by atoms with Crippen LogP contribution in [0.15, 0.2) is 18.6 Å². The Kier molecular flexibility index (Phi) is 3.27. The molecule has 0 bridgehead atoms. The van der Waals surface area contributed by atoms with Gasteiger partial charge in [-0.15, -0.1) is 0 Å². The Morgan fingerprint density at radius 2 is 2.35 bits per heavy atom. The van der Waals surface area contributed by atoms with Gasteiger partial charge >= 0.3 is 0 Å². The lowest BCUT2D eigenvalue weighted by Crippen LogP contribution is -2.58. The minimum atomic E-state index is -0.256. The van der Waals surface area contributed by atoms with Crippen LogP contribution in [0.1, 0.15) is 0 Å². The molecule has 1 saturated heterocycles. The molecule has 1 amide bonds. The minimum absolute atomic E-state index is 0.00747. The van der Waals surface area contributed by atoms with Gasteiger partial charge in [0.25, 0.3) is 0 Å². The quantitative estimate of drug-likeness (QED) is 0.772. The molecule has 1 unspecified atom stereocenters. The summed E-state index contributed by atoms with van der Waals surface area (Å²) >= 11 is 0. The number of anilines is 1. The molecular weight excluding hydrogens is 256 g/mol. The number of hydrogen-bond donors (Lipinski definition) is 2. The number of carbonyl (C=O) groups is 1. The second-order valence-corrected chi connectivity index (χ2v) is 4.89. The van der Waals surface area contributed by atoms with Gasteiger partial charge in [-0.1, -0.05) is 0 Å². The van der Waals surface area contributed by atoms with Crippen LogP contribution in [0.4, 0.5) is 5.82 Å². The number of piperazine rings is 1. The van der Waals surface area contributed by atoms with Crippen molar-refractivity contribution >= 4 is 22.8 Å². The molecule has 0 aromatic carbocycles. The first kappa shape index (κ1) is 12.9. The lowest BCUT2D eigenvalue weighted by Gasteiger charge is -2.35. The number of likely N-dealkylation sites (N-methyl/N-ethyl adjacent to an activating group) is 1. The summed E-state index contributed by atoms with van der Waals surface area (Å²) in [7, 11) is 3.61. The maximum absolute atomic E-state index is 12.0. The zero-order chi connectivity index (χ0) is 14.1. The Hall–Kier alpha value is -2.15. The van der Waals surface area contributed by atoms with Crippen LogP contribution in [0.3, 0.4) is 0 Å². The molecule has 3 rings (SSSR count). The molecule has 7 heteroatoms. The number of rotatable bonds is 2. The van der Waals surface area contributed by atoms with E-state index in [-0.39, 0.29) is 11.9 Å². The number of hydrogen-bond acceptors (Lipinski definition) is 5. The van der Waals surface area contributed by atoms with Crippen molar-refractivity contribution in [2.24, 2.45) is 7.05 Å². The summed E-state index contributed by atoms with van der Waals surface area (Å²) in [6, 6.07) is 1.68. The molecule has 0 aliphatic carbocycles. The lowest BCUT2D eigenvalue weighted by atomic mass is 10.1. The molecule has 3 heterocycles. The molecule has 1 aliphatic heterocycles. The van der Waals surface area contributed by atoms with Gasteiger partial charge in [0.2, 0.25) is 5.91 Å². The highest BCUT2D eigenvalue weighted by atomic mass is 16.2. The molecule has 2 aromatic rings. The summed E-state index contributed by atoms with van der Waals surface area (Å²) in [4.78, 5) is 23.0. The number of aromatic nitrogens is 3. The van der Waals surface area contributed by atoms with Crippen LogP contribution < -0.4 is 15.5 Å². The third kappa shape index (κ3) is 2.00. The fourth-order valence-corrected chi connectivity index (χ4v) is 2.62. The number of fused-ring (bicyclic) bond motifs is 1. The average Bonchev–Trinajstić information content (AvgIpc) is 2.88. The van der Waals surface area contributed by atoms with Crippen LogP contribution in [0.2, 0.25) is 0 Å². The van der Waals surface area contributed by atoms with E-state index in [9.17, 15) is 4.79 Å². The molecule has 1 atom stereocenters. The fourth-order valence-electron chi connectivity index (χ4n) is 2.62. The fraction of sp³-hybridized carbons (Fsp3) is 0.462. The number of aryl methyl sites for hydroxylation is 1. The van der Waals surface area contributed by atoms with Crippen molar-refractivity contribution < 1.29 is 4.79 Å². The van der Waals surface area contributed by atoms with Crippen molar-refractivity contribution in [1.82, 2.24) is 25.2 Å². The van der Waals surface area contributed by atoms with Crippen LogP contribution in [0.5, 0.6) is 0 Å². The zero-order valence-corrected chi connectivity index (χ0v) is 11.6. The van der Waals surface area contributed by atoms with Crippen molar-refractivity contribution in [1.29, 1.82) is 0 Å². The summed E-state index contributed by atoms with van der Waals surface area (Å²) in [5, 5.41) is 5.96. The van der Waals surface area contributed by atoms with E-state index in [1.165, 1.54) is 0 Å². The van der Waals surface area contributed by atoms with Crippen molar-refractivity contribution in [3.05, 3.63) is 18.6 Å². The Labute approximate surface area is 117 Å². The van der Waals surface area contributed by atoms with Crippen LogP contribution in [0.25, 0.3) is 11.0 Å². The van der Waals surface area contributed by atoms with Gasteiger partial charge in [0, 0.05) is 39.9 Å². The van der Waals surface area contributed by atoms with Gasteiger partial charge in [-0.25, -0.2) is 9.97 Å². The second kappa shape index (κ2) is 5.09. The summed E-state index contributed by atoms with van der Waals surface area (Å²) < 4.78 is 1.96. The number of carbonyl (C=O) groups excluding carboxylic acids is 1. The zero-order valence-electron chi connectivity index (χ0n) is 11.6. The van der Waals surface area contributed by atoms with E-state index in [2.05, 4.69) is 20.6 Å². The monoisotopic (exact) mass is 274 g/mol. The highest BCUT2D eigenvalue weighted by Crippen LogP contribution is 2.24. The SMILES string of the molecule is CNC(=O)C1CNCCN1c1nccc2c1ncn2C. The third-order valence-corrected chi connectivity index (χ3v) is 3.69. The molecule has 0 saturated carbocycles. The molecule has 0 spiro atoms. The number of nitrogens with one attached hydrogen (secondary N) is 2. The molecule has 1 aliphatic rings. The van der Waals surface area contributed by atoms with Crippen LogP contribution in [-0.4, -0.2) is 53.2 Å². The lowest BCUT2D eigenvalue weighted by molar-refractivity contribution is -0.122. The average molecular weight is 274 g/mol. The van der Waals surface area contributed by atoms with Crippen molar-refractivity contribution in [2.75, 3.05) is 31.6 Å². The number of imidazole rings is 1. The van der Waals surface area contributed by atoms with Crippen molar-refractivity contribution in [2.45, 2.75) is 6.04 Å². The van der Waals surface area contributed by atoms with Gasteiger partial charge in [0.15, 0.2) is 5.82 Å². The summed E-state index contributed by atoms with van der Waals surface area (Å²) in [6.45, 7) is 2.18. The Balaban J connectivity index is 2.05. The van der Waals surface area contributed by atoms with E-state index >= 15 is 0 Å². The van der Waals surface area contributed by atoms with Gasteiger partial charge in [0.1, 0.15) is 11.6 Å². The van der Waals surface area contributed by atoms with Crippen molar-refractivity contribution in [3.63, 3.8) is 0 Å². The van der Waals surface area contributed by atoms with Gasteiger partial charge in [-0.3, -0.25) is 4.79 Å². The molecule has 7 nitrogen and oxygen atoms in total. The first-order valence-electron chi connectivity index (χ1n) is 6.67. The molecule has 2 aromatic heterocycles. The van der Waals surface area contributed by atoms with E-state index in [0.29, 0.717) is 6.54 Å². The van der Waals surface area contributed by atoms with Gasteiger partial charge in [-0.2, -0.15) is 0 Å². The van der Waals surface area contributed by atoms with Crippen LogP contribution in [-0.2, 0) is 11.8 Å². The molecular formula is C13H18N6O. The maximum Gasteiger partial charge on any atom is 0.243 e. The molecule has 1 fully saturated rings. The van der Waals surface area contributed by atoms with E-state index in [0.717, 1.165) is 29.9 Å². The summed E-state index contributed by atoms with van der Waals surface area (Å²) in [5.41, 5.74) is 1.86. The standard InChI is InChI=1S/C13H18N6O/c1-14-13(20)10-7-15-5-6-19(10)12-11-9(3-4-16-12)18(2)8-17-11/h3-4,8,10,15H,5-7H2,1-2H3,(H,14,20). The predicted molar refractivity (Wildman–Crippen MR) is 76.6 cm³/mol. The Bertz CT molecular complexity index is 637. The van der Waals surface area contributed by atoms with Gasteiger partial charge in [-0.05, 0) is 6.07 Å². The van der Waals surface area contributed by atoms with E-state index in [1.807, 2.05) is 22.6 Å². The van der Waals surface area contributed by atoms with E-state index < -0.39 is 0 Å².